The standard InChI is InChI=1S/C67H112FN2O24/c68-64-7-1-61(2-8-64)67(62-3-9-65(10-4-62)69(13-21-75-29-37-83-45-53-91-57-49-87-41-33-79-25-17-71)14-22-76-30-38-84-46-54-92-58-50-88-42-34-80-26-18-72)63-5-11-66(12-6-63)70(15-23-77-31-39-85-47-55-93-59-51-89-43-35-81-27-19-73)16-24-78-32-40-86-48-56-94-60-52-90-44-36-82-28-20-74/h1-12,71-74H,13-60H2/q+1. The van der Waals surface area contributed by atoms with Crippen LogP contribution in [-0.2, 0) is 94.7 Å². The molecule has 0 saturated heterocycles. The zero-order valence-corrected chi connectivity index (χ0v) is 55.6. The van der Waals surface area contributed by atoms with E-state index in [4.69, 9.17) is 115 Å². The van der Waals surface area contributed by atoms with E-state index in [0.29, 0.717) is 290 Å². The van der Waals surface area contributed by atoms with Crippen LogP contribution in [-0.4, -0.2) is 348 Å². The quantitative estimate of drug-likeness (QED) is 0.0547. The summed E-state index contributed by atoms with van der Waals surface area (Å²) in [6, 6.07) is 14.9. The minimum Gasteiger partial charge on any atom is -0.394 e. The molecule has 1 aliphatic carbocycles. The van der Waals surface area contributed by atoms with E-state index in [-0.39, 0.29) is 32.2 Å². The number of halogens is 1. The summed E-state index contributed by atoms with van der Waals surface area (Å²) in [5.41, 5.74) is 5.64. The van der Waals surface area contributed by atoms with Crippen LogP contribution in [0.3, 0.4) is 0 Å². The SMILES string of the molecule is OCCOCCOCCOCCOCCOCCN(CCOCCOCCOCCOCCOCCO)c1ccc(C(=C2C=CC(=[N+](CCOCCOCCOCCOCCOCCO)CCOCCOCCOCCOCCOCCO)C=C2)c2ccc(F)cc2)cc1. The van der Waals surface area contributed by atoms with Crippen LogP contribution in [0.5, 0.6) is 0 Å². The number of allylic oxidation sites excluding steroid dienone is 5. The van der Waals surface area contributed by atoms with Crippen molar-refractivity contribution in [1.29, 1.82) is 0 Å². The van der Waals surface area contributed by atoms with E-state index in [0.717, 1.165) is 33.7 Å². The van der Waals surface area contributed by atoms with Gasteiger partial charge in [-0.1, -0.05) is 24.3 Å². The van der Waals surface area contributed by atoms with Gasteiger partial charge in [0, 0.05) is 30.9 Å². The van der Waals surface area contributed by atoms with Crippen LogP contribution in [0.25, 0.3) is 5.57 Å². The second-order valence-corrected chi connectivity index (χ2v) is 20.1. The summed E-state index contributed by atoms with van der Waals surface area (Å²) in [5.74, 6) is -0.325. The van der Waals surface area contributed by atoms with Crippen LogP contribution in [0.4, 0.5) is 10.1 Å². The molecular weight excluding hydrogens is 1240 g/mol. The van der Waals surface area contributed by atoms with Gasteiger partial charge in [-0.2, -0.15) is 0 Å². The highest BCUT2D eigenvalue weighted by Crippen LogP contribution is 2.31. The Hall–Kier alpha value is -3.90. The Morgan fingerprint density at radius 2 is 0.500 bits per heavy atom. The summed E-state index contributed by atoms with van der Waals surface area (Å²) >= 11 is 0. The van der Waals surface area contributed by atoms with Gasteiger partial charge in [-0.05, 0) is 58.7 Å². The summed E-state index contributed by atoms with van der Waals surface area (Å²) in [6.45, 7) is 19.1. The van der Waals surface area contributed by atoms with Crippen molar-refractivity contribution in [3.05, 3.63) is 95.4 Å². The van der Waals surface area contributed by atoms with Crippen molar-refractivity contribution in [2.45, 2.75) is 0 Å². The Kier molecular flexibility index (Phi) is 58.4. The van der Waals surface area contributed by atoms with Crippen LogP contribution in [0.15, 0.2) is 78.4 Å². The highest BCUT2D eigenvalue weighted by Gasteiger charge is 2.18. The van der Waals surface area contributed by atoms with E-state index in [1.54, 1.807) is 12.1 Å². The fourth-order valence-corrected chi connectivity index (χ4v) is 8.42. The lowest BCUT2D eigenvalue weighted by molar-refractivity contribution is -0.532. The van der Waals surface area contributed by atoms with Gasteiger partial charge in [0.25, 0.3) is 0 Å². The largest absolute Gasteiger partial charge is 0.394 e. The van der Waals surface area contributed by atoms with Gasteiger partial charge in [-0.15, -0.1) is 0 Å². The Bertz CT molecular complexity index is 2020. The predicted octanol–water partition coefficient (Wildman–Crippen LogP) is 2.31. The van der Waals surface area contributed by atoms with E-state index in [1.807, 2.05) is 0 Å². The second kappa shape index (κ2) is 65.1. The number of benzene rings is 2. The van der Waals surface area contributed by atoms with E-state index < -0.39 is 0 Å². The number of ether oxygens (including phenoxy) is 20. The van der Waals surface area contributed by atoms with Crippen molar-refractivity contribution in [2.24, 2.45) is 0 Å². The Morgan fingerprint density at radius 3 is 0.755 bits per heavy atom. The number of anilines is 1. The molecule has 94 heavy (non-hydrogen) atoms. The molecule has 26 nitrogen and oxygen atoms in total. The summed E-state index contributed by atoms with van der Waals surface area (Å²) in [4.78, 5) is 2.22. The lowest BCUT2D eigenvalue weighted by Crippen LogP contribution is -2.31. The first-order valence-corrected chi connectivity index (χ1v) is 32.9. The molecule has 0 bridgehead atoms. The molecule has 0 saturated carbocycles. The predicted molar refractivity (Wildman–Crippen MR) is 349 cm³/mol. The smallest absolute Gasteiger partial charge is 0.200 e. The zero-order valence-electron chi connectivity index (χ0n) is 55.6. The fourth-order valence-electron chi connectivity index (χ4n) is 8.42. The van der Waals surface area contributed by atoms with Crippen LogP contribution >= 0.6 is 0 Å². The van der Waals surface area contributed by atoms with E-state index >= 15 is 0 Å². The Labute approximate surface area is 556 Å². The monoisotopic (exact) mass is 1350 g/mol. The molecule has 0 fully saturated rings. The molecule has 0 aliphatic heterocycles. The highest BCUT2D eigenvalue weighted by atomic mass is 19.1. The van der Waals surface area contributed by atoms with Crippen LogP contribution in [0, 0.1) is 5.82 Å². The van der Waals surface area contributed by atoms with Crippen LogP contribution < -0.4 is 4.90 Å². The van der Waals surface area contributed by atoms with Crippen LogP contribution in [0.2, 0.25) is 0 Å². The molecule has 2 aromatic carbocycles. The molecule has 27 heteroatoms. The number of rotatable bonds is 71. The lowest BCUT2D eigenvalue weighted by atomic mass is 9.90. The van der Waals surface area contributed by atoms with Gasteiger partial charge < -0.3 is 120 Å². The maximum atomic E-state index is 14.5. The van der Waals surface area contributed by atoms with Gasteiger partial charge in [0.1, 0.15) is 19.0 Å². The zero-order chi connectivity index (χ0) is 66.8. The summed E-state index contributed by atoms with van der Waals surface area (Å²) in [7, 11) is 0. The third-order valence-corrected chi connectivity index (χ3v) is 13.1. The number of nitrogens with zero attached hydrogens (tertiary/aromatic N) is 2. The summed E-state index contributed by atoms with van der Waals surface area (Å²) in [6.07, 6.45) is 8.34. The van der Waals surface area contributed by atoms with Crippen molar-refractivity contribution in [2.75, 3.05) is 322 Å². The average Bonchev–Trinajstić information content (AvgIpc) is 2.05. The Balaban J connectivity index is 1.63. The van der Waals surface area contributed by atoms with Gasteiger partial charge in [-0.25, -0.2) is 8.97 Å². The first-order chi connectivity index (χ1) is 46.6. The average molecular weight is 1350 g/mol. The summed E-state index contributed by atoms with van der Waals surface area (Å²) in [5, 5.41) is 35.2. The van der Waals surface area contributed by atoms with Crippen molar-refractivity contribution in [3.8, 4) is 0 Å². The minimum atomic E-state index is -0.325. The van der Waals surface area contributed by atoms with E-state index in [9.17, 15) is 4.39 Å². The first-order valence-electron chi connectivity index (χ1n) is 32.9. The normalized spacial score (nSPS) is 12.3. The van der Waals surface area contributed by atoms with Crippen molar-refractivity contribution >= 4 is 17.0 Å². The molecule has 540 valence electrons. The van der Waals surface area contributed by atoms with Crippen molar-refractivity contribution in [3.63, 3.8) is 0 Å². The van der Waals surface area contributed by atoms with E-state index in [2.05, 4.69) is 58.0 Å². The maximum Gasteiger partial charge on any atom is 0.200 e. The lowest BCUT2D eigenvalue weighted by Gasteiger charge is -2.25. The van der Waals surface area contributed by atoms with Gasteiger partial charge in [0.2, 0.25) is 0 Å². The fraction of sp³-hybridized carbons (Fsp3) is 0.716. The molecule has 4 N–H and O–H groups in total. The van der Waals surface area contributed by atoms with Crippen molar-refractivity contribution < 1.29 is 124 Å². The third kappa shape index (κ3) is 47.9. The minimum absolute atomic E-state index is 0.0115. The molecular formula is C67H112FN2O24+. The topological polar surface area (TPSA) is 272 Å². The molecule has 0 spiro atoms. The number of hydrogen-bond acceptors (Lipinski definition) is 25. The molecule has 0 aromatic heterocycles. The number of aliphatic hydroxyl groups is 4. The van der Waals surface area contributed by atoms with Crippen LogP contribution in [0.1, 0.15) is 11.1 Å². The highest BCUT2D eigenvalue weighted by molar-refractivity contribution is 6.04. The number of aliphatic hydroxyl groups excluding tert-OH is 4. The molecule has 0 unspecified atom stereocenters. The molecule has 0 amide bonds. The van der Waals surface area contributed by atoms with Gasteiger partial charge in [0.05, 0.1) is 277 Å². The van der Waals surface area contributed by atoms with Gasteiger partial charge in [-0.3, -0.25) is 0 Å². The third-order valence-electron chi connectivity index (χ3n) is 13.1. The summed E-state index contributed by atoms with van der Waals surface area (Å²) < 4.78 is 129. The molecule has 1 aliphatic rings. The van der Waals surface area contributed by atoms with Crippen molar-refractivity contribution in [1.82, 2.24) is 0 Å². The first kappa shape index (κ1) is 84.3. The molecule has 0 radical (unpaired) electrons. The van der Waals surface area contributed by atoms with E-state index in [1.165, 1.54) is 12.1 Å². The molecule has 3 rings (SSSR count). The molecule has 0 atom stereocenters. The molecule has 0 heterocycles. The second-order valence-electron chi connectivity index (χ2n) is 20.1. The number of hydrogen-bond donors (Lipinski definition) is 4. The molecule has 2 aromatic rings. The maximum absolute atomic E-state index is 14.5. The van der Waals surface area contributed by atoms with Gasteiger partial charge in [0.15, 0.2) is 18.8 Å². The Morgan fingerprint density at radius 1 is 0.277 bits per heavy atom. The van der Waals surface area contributed by atoms with Gasteiger partial charge >= 0.3 is 0 Å².